The van der Waals surface area contributed by atoms with Crippen LogP contribution >= 0.6 is 0 Å². The van der Waals surface area contributed by atoms with E-state index >= 15 is 0 Å². The number of carbonyl (C=O) groups is 2. The zero-order chi connectivity index (χ0) is 14.5. The number of nitrogens with one attached hydrogen (secondary N) is 1. The van der Waals surface area contributed by atoms with Gasteiger partial charge in [0.05, 0.1) is 13.7 Å². The molecular formula is C14H19N3O3. The number of amides is 3. The van der Waals surface area contributed by atoms with Gasteiger partial charge in [-0.2, -0.15) is 0 Å². The third kappa shape index (κ3) is 3.01. The van der Waals surface area contributed by atoms with Gasteiger partial charge in [0.2, 0.25) is 0 Å². The summed E-state index contributed by atoms with van der Waals surface area (Å²) < 4.78 is 5.04. The Hall–Kier alpha value is -2.24. The van der Waals surface area contributed by atoms with E-state index in [4.69, 9.17) is 4.74 Å². The first-order valence-electron chi connectivity index (χ1n) is 6.67. The van der Waals surface area contributed by atoms with Crippen LogP contribution in [0.5, 0.6) is 5.75 Å². The van der Waals surface area contributed by atoms with Crippen molar-refractivity contribution in [3.05, 3.63) is 29.8 Å². The highest BCUT2D eigenvalue weighted by molar-refractivity contribution is 5.95. The molecule has 0 bridgehead atoms. The van der Waals surface area contributed by atoms with Gasteiger partial charge in [-0.3, -0.25) is 10.2 Å². The molecule has 1 N–H and O–H groups in total. The fraction of sp³-hybridized carbons (Fsp3) is 0.429. The van der Waals surface area contributed by atoms with E-state index in [0.717, 1.165) is 6.42 Å². The first-order valence-corrected chi connectivity index (χ1v) is 6.67. The molecule has 0 aliphatic carbocycles. The van der Waals surface area contributed by atoms with Crippen molar-refractivity contribution in [2.75, 3.05) is 26.7 Å². The van der Waals surface area contributed by atoms with Gasteiger partial charge in [0.15, 0.2) is 0 Å². The smallest absolute Gasteiger partial charge is 0.338 e. The quantitative estimate of drug-likeness (QED) is 0.887. The van der Waals surface area contributed by atoms with E-state index in [1.165, 1.54) is 5.01 Å². The molecule has 1 saturated heterocycles. The third-order valence-corrected chi connectivity index (χ3v) is 3.18. The average molecular weight is 277 g/mol. The van der Waals surface area contributed by atoms with E-state index in [0.29, 0.717) is 30.9 Å². The Morgan fingerprint density at radius 1 is 1.30 bits per heavy atom. The van der Waals surface area contributed by atoms with Crippen LogP contribution in [0.25, 0.3) is 0 Å². The van der Waals surface area contributed by atoms with E-state index in [2.05, 4.69) is 5.43 Å². The summed E-state index contributed by atoms with van der Waals surface area (Å²) >= 11 is 0. The Bertz CT molecular complexity index is 487. The molecule has 0 saturated carbocycles. The molecule has 108 valence electrons. The summed E-state index contributed by atoms with van der Waals surface area (Å²) in [7, 11) is 1.57. The lowest BCUT2D eigenvalue weighted by atomic mass is 10.2. The number of ether oxygens (including phenoxy) is 1. The van der Waals surface area contributed by atoms with Gasteiger partial charge in [-0.1, -0.05) is 6.92 Å². The zero-order valence-corrected chi connectivity index (χ0v) is 11.8. The van der Waals surface area contributed by atoms with Gasteiger partial charge < -0.3 is 9.64 Å². The molecular weight excluding hydrogens is 258 g/mol. The number of rotatable bonds is 5. The van der Waals surface area contributed by atoms with Crippen molar-refractivity contribution in [3.63, 3.8) is 0 Å². The monoisotopic (exact) mass is 277 g/mol. The van der Waals surface area contributed by atoms with Gasteiger partial charge in [0.1, 0.15) is 5.75 Å². The molecule has 0 spiro atoms. The van der Waals surface area contributed by atoms with Crippen molar-refractivity contribution in [1.29, 1.82) is 0 Å². The number of benzene rings is 1. The highest BCUT2D eigenvalue weighted by atomic mass is 16.5. The molecule has 1 aromatic rings. The van der Waals surface area contributed by atoms with Crippen molar-refractivity contribution >= 4 is 11.9 Å². The summed E-state index contributed by atoms with van der Waals surface area (Å²) in [6.07, 6.45) is 0.909. The minimum Gasteiger partial charge on any atom is -0.497 e. The number of methoxy groups -OCH3 is 1. The highest BCUT2D eigenvalue weighted by Crippen LogP contribution is 2.12. The fourth-order valence-electron chi connectivity index (χ4n) is 2.09. The van der Waals surface area contributed by atoms with Gasteiger partial charge in [-0.15, -0.1) is 0 Å². The second-order valence-corrected chi connectivity index (χ2v) is 4.59. The molecule has 1 aliphatic rings. The molecule has 0 atom stereocenters. The largest absolute Gasteiger partial charge is 0.497 e. The van der Waals surface area contributed by atoms with Gasteiger partial charge in [-0.25, -0.2) is 9.80 Å². The predicted molar refractivity (Wildman–Crippen MR) is 74.4 cm³/mol. The van der Waals surface area contributed by atoms with Crippen molar-refractivity contribution < 1.29 is 14.3 Å². The van der Waals surface area contributed by atoms with Crippen LogP contribution in [-0.4, -0.2) is 48.6 Å². The standard InChI is InChI=1S/C14H19N3O3/c1-3-8-16-9-10-17(14(16)19)15-13(18)11-4-6-12(20-2)7-5-11/h4-7H,3,8-10H2,1-2H3,(H,15,18). The number of hydrogen-bond donors (Lipinski definition) is 1. The number of carbonyl (C=O) groups excluding carboxylic acids is 2. The molecule has 1 aromatic carbocycles. The summed E-state index contributed by atoms with van der Waals surface area (Å²) in [6.45, 7) is 3.90. The molecule has 0 aromatic heterocycles. The lowest BCUT2D eigenvalue weighted by Crippen LogP contribution is -2.45. The third-order valence-electron chi connectivity index (χ3n) is 3.18. The van der Waals surface area contributed by atoms with E-state index in [9.17, 15) is 9.59 Å². The number of nitrogens with zero attached hydrogens (tertiary/aromatic N) is 2. The molecule has 20 heavy (non-hydrogen) atoms. The van der Waals surface area contributed by atoms with E-state index in [-0.39, 0.29) is 11.9 Å². The van der Waals surface area contributed by atoms with Crippen molar-refractivity contribution in [1.82, 2.24) is 15.3 Å². The summed E-state index contributed by atoms with van der Waals surface area (Å²) in [6, 6.07) is 6.61. The van der Waals surface area contributed by atoms with E-state index in [1.807, 2.05) is 6.92 Å². The SMILES string of the molecule is CCCN1CCN(NC(=O)c2ccc(OC)cc2)C1=O. The molecule has 6 nitrogen and oxygen atoms in total. The Morgan fingerprint density at radius 2 is 2.00 bits per heavy atom. The summed E-state index contributed by atoms with van der Waals surface area (Å²) in [4.78, 5) is 25.8. The first-order chi connectivity index (χ1) is 9.65. The Balaban J connectivity index is 1.96. The van der Waals surface area contributed by atoms with Crippen molar-refractivity contribution in [2.45, 2.75) is 13.3 Å². The number of urea groups is 1. The maximum absolute atomic E-state index is 12.0. The van der Waals surface area contributed by atoms with Crippen LogP contribution in [0.1, 0.15) is 23.7 Å². The van der Waals surface area contributed by atoms with E-state index in [1.54, 1.807) is 36.3 Å². The van der Waals surface area contributed by atoms with Gasteiger partial charge in [0.25, 0.3) is 5.91 Å². The fourth-order valence-corrected chi connectivity index (χ4v) is 2.09. The minimum atomic E-state index is -0.292. The van der Waals surface area contributed by atoms with Crippen LogP contribution in [0.2, 0.25) is 0 Å². The molecule has 0 radical (unpaired) electrons. The number of hydrazine groups is 1. The highest BCUT2D eigenvalue weighted by Gasteiger charge is 2.29. The normalized spacial score (nSPS) is 14.6. The first kappa shape index (κ1) is 14.2. The second kappa shape index (κ2) is 6.27. The Morgan fingerprint density at radius 3 is 2.60 bits per heavy atom. The average Bonchev–Trinajstić information content (AvgIpc) is 2.81. The van der Waals surface area contributed by atoms with Crippen LogP contribution < -0.4 is 10.2 Å². The second-order valence-electron chi connectivity index (χ2n) is 4.59. The number of hydrogen-bond acceptors (Lipinski definition) is 3. The van der Waals surface area contributed by atoms with Gasteiger partial charge in [0, 0.05) is 18.7 Å². The Kier molecular flexibility index (Phi) is 4.45. The lowest BCUT2D eigenvalue weighted by Gasteiger charge is -2.18. The van der Waals surface area contributed by atoms with Crippen LogP contribution in [0.3, 0.4) is 0 Å². The molecule has 6 heteroatoms. The van der Waals surface area contributed by atoms with E-state index < -0.39 is 0 Å². The van der Waals surface area contributed by atoms with Crippen LogP contribution in [0, 0.1) is 0 Å². The molecule has 1 heterocycles. The summed E-state index contributed by atoms with van der Waals surface area (Å²) in [5.41, 5.74) is 3.13. The van der Waals surface area contributed by atoms with Gasteiger partial charge >= 0.3 is 6.03 Å². The molecule has 1 fully saturated rings. The Labute approximate surface area is 118 Å². The van der Waals surface area contributed by atoms with Crippen LogP contribution in [-0.2, 0) is 0 Å². The lowest BCUT2D eigenvalue weighted by molar-refractivity contribution is 0.0846. The van der Waals surface area contributed by atoms with Gasteiger partial charge in [-0.05, 0) is 30.7 Å². The molecule has 3 amide bonds. The molecule has 0 unspecified atom stereocenters. The van der Waals surface area contributed by atoms with Crippen molar-refractivity contribution in [3.8, 4) is 5.75 Å². The summed E-state index contributed by atoms with van der Waals surface area (Å²) in [5, 5.41) is 1.36. The van der Waals surface area contributed by atoms with Crippen LogP contribution in [0.4, 0.5) is 4.79 Å². The molecule has 1 aliphatic heterocycles. The summed E-state index contributed by atoms with van der Waals surface area (Å²) in [5.74, 6) is 0.396. The topological polar surface area (TPSA) is 61.9 Å². The zero-order valence-electron chi connectivity index (χ0n) is 11.8. The minimum absolute atomic E-state index is 0.145. The van der Waals surface area contributed by atoms with Crippen molar-refractivity contribution in [2.24, 2.45) is 0 Å². The maximum atomic E-state index is 12.0. The maximum Gasteiger partial charge on any atom is 0.338 e. The molecule has 2 rings (SSSR count). The predicted octanol–water partition coefficient (Wildman–Crippen LogP) is 1.49. The van der Waals surface area contributed by atoms with Crippen LogP contribution in [0.15, 0.2) is 24.3 Å².